The van der Waals surface area contributed by atoms with E-state index in [1.807, 2.05) is 34.0 Å². The molecule has 3 aromatic heterocycles. The van der Waals surface area contributed by atoms with E-state index < -0.39 is 0 Å². The van der Waals surface area contributed by atoms with Crippen LogP contribution in [-0.2, 0) is 4.74 Å². The van der Waals surface area contributed by atoms with E-state index in [4.69, 9.17) is 14.7 Å². The van der Waals surface area contributed by atoms with Gasteiger partial charge in [0.1, 0.15) is 17.1 Å². The Hall–Kier alpha value is -3.24. The van der Waals surface area contributed by atoms with Crippen LogP contribution < -0.4 is 21.1 Å². The summed E-state index contributed by atoms with van der Waals surface area (Å²) in [5, 5.41) is 6.90. The van der Waals surface area contributed by atoms with Crippen LogP contribution in [0.1, 0.15) is 12.8 Å². The molecule has 2 aliphatic rings. The smallest absolute Gasteiger partial charge is 0.263 e. The molecule has 10 heteroatoms. The number of aromatic amines is 1. The van der Waals surface area contributed by atoms with E-state index in [-0.39, 0.29) is 11.6 Å². The molecule has 0 spiro atoms. The first-order valence-corrected chi connectivity index (χ1v) is 10.7. The Morgan fingerprint density at radius 2 is 1.97 bits per heavy atom. The van der Waals surface area contributed by atoms with Crippen LogP contribution >= 0.6 is 0 Å². The summed E-state index contributed by atoms with van der Waals surface area (Å²) in [4.78, 5) is 32.1. The zero-order chi connectivity index (χ0) is 21.0. The standard InChI is InChI=1S/C21H26N8O2/c30-20-18(16-13-23-14-17(25-16)28-6-1-2-7-28)19(24-15-4-3-5-22-12-15)26-21(27-20)29-8-10-31-11-9-29/h1-2,6-7,13-15,22H,3-5,8-12H2,(H2,24,26,27,30). The molecule has 5 rings (SSSR count). The fourth-order valence-corrected chi connectivity index (χ4v) is 3.98. The number of piperidine rings is 1. The normalized spacial score (nSPS) is 19.4. The van der Waals surface area contributed by atoms with Crippen molar-refractivity contribution in [3.63, 3.8) is 0 Å². The highest BCUT2D eigenvalue weighted by molar-refractivity contribution is 5.73. The lowest BCUT2D eigenvalue weighted by atomic mass is 10.1. The number of H-pyrrole nitrogens is 1. The van der Waals surface area contributed by atoms with Gasteiger partial charge in [0.25, 0.3) is 5.56 Å². The van der Waals surface area contributed by atoms with Crippen molar-refractivity contribution in [2.24, 2.45) is 0 Å². The van der Waals surface area contributed by atoms with Crippen LogP contribution in [0.2, 0.25) is 0 Å². The maximum absolute atomic E-state index is 13.3. The summed E-state index contributed by atoms with van der Waals surface area (Å²) >= 11 is 0. The third-order valence-corrected chi connectivity index (χ3v) is 5.60. The molecule has 0 amide bonds. The van der Waals surface area contributed by atoms with E-state index in [0.717, 1.165) is 25.9 Å². The first-order valence-electron chi connectivity index (χ1n) is 10.7. The topological polar surface area (TPSA) is 113 Å². The Labute approximate surface area is 179 Å². The molecule has 3 aromatic rings. The van der Waals surface area contributed by atoms with Crippen LogP contribution in [0.15, 0.2) is 41.7 Å². The Balaban J connectivity index is 1.56. The minimum absolute atomic E-state index is 0.194. The van der Waals surface area contributed by atoms with Crippen molar-refractivity contribution >= 4 is 11.8 Å². The molecule has 3 N–H and O–H groups in total. The molecule has 10 nitrogen and oxygen atoms in total. The van der Waals surface area contributed by atoms with Crippen molar-refractivity contribution in [2.45, 2.75) is 18.9 Å². The second-order valence-corrected chi connectivity index (χ2v) is 7.75. The predicted molar refractivity (Wildman–Crippen MR) is 118 cm³/mol. The number of aromatic nitrogens is 5. The van der Waals surface area contributed by atoms with Gasteiger partial charge in [-0.3, -0.25) is 14.8 Å². The molecule has 2 fully saturated rings. The molecule has 0 radical (unpaired) electrons. The fourth-order valence-electron chi connectivity index (χ4n) is 3.98. The van der Waals surface area contributed by atoms with Crippen molar-refractivity contribution < 1.29 is 4.74 Å². The second kappa shape index (κ2) is 8.86. The van der Waals surface area contributed by atoms with E-state index in [1.165, 1.54) is 0 Å². The fraction of sp³-hybridized carbons (Fsp3) is 0.429. The number of anilines is 2. The van der Waals surface area contributed by atoms with E-state index >= 15 is 0 Å². The third-order valence-electron chi connectivity index (χ3n) is 5.60. The van der Waals surface area contributed by atoms with E-state index in [0.29, 0.717) is 55.1 Å². The zero-order valence-corrected chi connectivity index (χ0v) is 17.3. The molecule has 0 aliphatic carbocycles. The summed E-state index contributed by atoms with van der Waals surface area (Å²) in [7, 11) is 0. The lowest BCUT2D eigenvalue weighted by Crippen LogP contribution is -2.40. The quantitative estimate of drug-likeness (QED) is 0.559. The average molecular weight is 422 g/mol. The van der Waals surface area contributed by atoms with E-state index in [2.05, 4.69) is 20.6 Å². The van der Waals surface area contributed by atoms with Crippen molar-refractivity contribution in [3.05, 3.63) is 47.3 Å². The summed E-state index contributed by atoms with van der Waals surface area (Å²) < 4.78 is 7.30. The number of ether oxygens (including phenoxy) is 1. The van der Waals surface area contributed by atoms with Gasteiger partial charge in [0.05, 0.1) is 25.6 Å². The van der Waals surface area contributed by atoms with E-state index in [1.54, 1.807) is 12.4 Å². The number of morpholine rings is 1. The van der Waals surface area contributed by atoms with Gasteiger partial charge in [0, 0.05) is 38.1 Å². The molecular formula is C21H26N8O2. The van der Waals surface area contributed by atoms with E-state index in [9.17, 15) is 4.79 Å². The van der Waals surface area contributed by atoms with Crippen LogP contribution in [-0.4, -0.2) is 69.9 Å². The van der Waals surface area contributed by atoms with Gasteiger partial charge in [-0.1, -0.05) is 0 Å². The van der Waals surface area contributed by atoms with Crippen molar-refractivity contribution in [3.8, 4) is 17.1 Å². The van der Waals surface area contributed by atoms with Crippen molar-refractivity contribution in [1.29, 1.82) is 0 Å². The Morgan fingerprint density at radius 1 is 1.13 bits per heavy atom. The zero-order valence-electron chi connectivity index (χ0n) is 17.3. The van der Waals surface area contributed by atoms with Gasteiger partial charge in [-0.15, -0.1) is 0 Å². The lowest BCUT2D eigenvalue weighted by molar-refractivity contribution is 0.122. The molecule has 2 saturated heterocycles. The van der Waals surface area contributed by atoms with Crippen LogP contribution in [0.5, 0.6) is 0 Å². The largest absolute Gasteiger partial charge is 0.378 e. The van der Waals surface area contributed by atoms with Crippen LogP contribution in [0.3, 0.4) is 0 Å². The Kier molecular flexibility index (Phi) is 5.63. The predicted octanol–water partition coefficient (Wildman–Crippen LogP) is 1.02. The number of rotatable bonds is 5. The van der Waals surface area contributed by atoms with Crippen molar-refractivity contribution in [2.75, 3.05) is 49.6 Å². The molecule has 1 unspecified atom stereocenters. The number of hydrogen-bond donors (Lipinski definition) is 3. The monoisotopic (exact) mass is 422 g/mol. The first-order chi connectivity index (χ1) is 15.3. The van der Waals surface area contributed by atoms with Gasteiger partial charge < -0.3 is 24.8 Å². The SMILES string of the molecule is O=c1[nH]c(N2CCOCC2)nc(NC2CCCNC2)c1-c1cncc(-n2cccc2)n1. The summed E-state index contributed by atoms with van der Waals surface area (Å²) in [6.07, 6.45) is 9.16. The highest BCUT2D eigenvalue weighted by atomic mass is 16.5. The molecule has 162 valence electrons. The lowest BCUT2D eigenvalue weighted by Gasteiger charge is -2.29. The molecule has 31 heavy (non-hydrogen) atoms. The minimum Gasteiger partial charge on any atom is -0.378 e. The maximum Gasteiger partial charge on any atom is 0.263 e. The second-order valence-electron chi connectivity index (χ2n) is 7.75. The summed E-state index contributed by atoms with van der Waals surface area (Å²) in [6, 6.07) is 4.03. The van der Waals surface area contributed by atoms with Crippen LogP contribution in [0.25, 0.3) is 17.1 Å². The van der Waals surface area contributed by atoms with Gasteiger partial charge in [-0.2, -0.15) is 4.98 Å². The third kappa shape index (κ3) is 4.30. The first kappa shape index (κ1) is 19.7. The molecule has 1 atom stereocenters. The molecule has 0 bridgehead atoms. The molecule has 5 heterocycles. The molecule has 0 saturated carbocycles. The number of hydrogen-bond acceptors (Lipinski definition) is 8. The summed E-state index contributed by atoms with van der Waals surface area (Å²) in [5.74, 6) is 1.74. The van der Waals surface area contributed by atoms with Gasteiger partial charge in [0.15, 0.2) is 5.82 Å². The van der Waals surface area contributed by atoms with Gasteiger partial charge in [-0.05, 0) is 31.5 Å². The van der Waals surface area contributed by atoms with Crippen LogP contribution in [0.4, 0.5) is 11.8 Å². The minimum atomic E-state index is -0.235. The van der Waals surface area contributed by atoms with Gasteiger partial charge >= 0.3 is 0 Å². The average Bonchev–Trinajstić information content (AvgIpc) is 3.35. The number of nitrogens with zero attached hydrogens (tertiary/aromatic N) is 5. The molecular weight excluding hydrogens is 396 g/mol. The molecule has 2 aliphatic heterocycles. The van der Waals surface area contributed by atoms with Gasteiger partial charge in [0.2, 0.25) is 5.95 Å². The highest BCUT2D eigenvalue weighted by Gasteiger charge is 2.23. The van der Waals surface area contributed by atoms with Gasteiger partial charge in [-0.25, -0.2) is 4.98 Å². The maximum atomic E-state index is 13.3. The summed E-state index contributed by atoms with van der Waals surface area (Å²) in [5.41, 5.74) is 0.658. The highest BCUT2D eigenvalue weighted by Crippen LogP contribution is 2.25. The number of nitrogens with one attached hydrogen (secondary N) is 3. The summed E-state index contributed by atoms with van der Waals surface area (Å²) in [6.45, 7) is 4.45. The van der Waals surface area contributed by atoms with Crippen molar-refractivity contribution in [1.82, 2.24) is 29.8 Å². The van der Waals surface area contributed by atoms with Crippen LogP contribution in [0, 0.1) is 0 Å². The molecule has 0 aromatic carbocycles. The Morgan fingerprint density at radius 3 is 2.74 bits per heavy atom. The Bertz CT molecular complexity index is 1070.